The first-order valence-electron chi connectivity index (χ1n) is 8.09. The summed E-state index contributed by atoms with van der Waals surface area (Å²) < 4.78 is 5.54. The average molecular weight is 274 g/mol. The van der Waals surface area contributed by atoms with E-state index in [2.05, 4.69) is 28.4 Å². The van der Waals surface area contributed by atoms with Crippen LogP contribution in [-0.4, -0.2) is 44.2 Å². The molecule has 3 nitrogen and oxygen atoms in total. The highest BCUT2D eigenvalue weighted by Gasteiger charge is 2.12. The van der Waals surface area contributed by atoms with E-state index in [1.165, 1.54) is 50.0 Å². The van der Waals surface area contributed by atoms with Gasteiger partial charge in [0.25, 0.3) is 0 Å². The summed E-state index contributed by atoms with van der Waals surface area (Å²) in [5.41, 5.74) is 2.82. The van der Waals surface area contributed by atoms with Gasteiger partial charge in [0.15, 0.2) is 0 Å². The van der Waals surface area contributed by atoms with Gasteiger partial charge in [-0.25, -0.2) is 0 Å². The van der Waals surface area contributed by atoms with Crippen molar-refractivity contribution >= 4 is 0 Å². The monoisotopic (exact) mass is 274 g/mol. The number of piperidine rings is 1. The zero-order chi connectivity index (χ0) is 13.6. The predicted octanol–water partition coefficient (Wildman–Crippen LogP) is 2.24. The lowest BCUT2D eigenvalue weighted by atomic mass is 10.1. The molecule has 0 unspecified atom stereocenters. The van der Waals surface area contributed by atoms with Crippen LogP contribution >= 0.6 is 0 Å². The average Bonchev–Trinajstić information content (AvgIpc) is 2.95. The maximum atomic E-state index is 5.54. The van der Waals surface area contributed by atoms with Gasteiger partial charge in [0, 0.05) is 19.5 Å². The molecule has 0 atom stereocenters. The Hall–Kier alpha value is -1.06. The van der Waals surface area contributed by atoms with E-state index < -0.39 is 0 Å². The highest BCUT2D eigenvalue weighted by molar-refractivity contribution is 5.39. The van der Waals surface area contributed by atoms with Crippen LogP contribution in [0.3, 0.4) is 0 Å². The third-order valence-electron chi connectivity index (χ3n) is 4.40. The first-order valence-corrected chi connectivity index (χ1v) is 8.09. The standard InChI is InChI=1S/C17H26N2O/c1-2-10-19(11-3-1)12-9-18-8-6-15-4-5-17-16(14-15)7-13-20-17/h4-5,14,18H,1-3,6-13H2. The molecule has 1 aromatic rings. The van der Waals surface area contributed by atoms with Crippen molar-refractivity contribution < 1.29 is 4.74 Å². The van der Waals surface area contributed by atoms with E-state index in [0.29, 0.717) is 0 Å². The van der Waals surface area contributed by atoms with E-state index in [0.717, 1.165) is 38.3 Å². The molecule has 1 fully saturated rings. The summed E-state index contributed by atoms with van der Waals surface area (Å²) >= 11 is 0. The van der Waals surface area contributed by atoms with E-state index in [-0.39, 0.29) is 0 Å². The minimum absolute atomic E-state index is 0.854. The predicted molar refractivity (Wildman–Crippen MR) is 82.5 cm³/mol. The molecule has 0 amide bonds. The number of fused-ring (bicyclic) bond motifs is 1. The molecule has 0 aromatic heterocycles. The summed E-state index contributed by atoms with van der Waals surface area (Å²) in [7, 11) is 0. The van der Waals surface area contributed by atoms with Crippen LogP contribution in [0.1, 0.15) is 30.4 Å². The molecule has 0 radical (unpaired) electrons. The van der Waals surface area contributed by atoms with Crippen molar-refractivity contribution in [2.24, 2.45) is 0 Å². The van der Waals surface area contributed by atoms with Crippen LogP contribution < -0.4 is 10.1 Å². The zero-order valence-electron chi connectivity index (χ0n) is 12.4. The summed E-state index contributed by atoms with van der Waals surface area (Å²) in [6.45, 7) is 6.85. The third kappa shape index (κ3) is 3.74. The molecule has 0 aliphatic carbocycles. The Morgan fingerprint density at radius 2 is 2.00 bits per heavy atom. The molecular weight excluding hydrogens is 248 g/mol. The van der Waals surface area contributed by atoms with Crippen LogP contribution in [0.15, 0.2) is 18.2 Å². The van der Waals surface area contributed by atoms with Gasteiger partial charge in [0.2, 0.25) is 0 Å². The Morgan fingerprint density at radius 3 is 2.90 bits per heavy atom. The molecule has 0 bridgehead atoms. The Morgan fingerprint density at radius 1 is 1.10 bits per heavy atom. The van der Waals surface area contributed by atoms with Gasteiger partial charge >= 0.3 is 0 Å². The number of rotatable bonds is 6. The zero-order valence-corrected chi connectivity index (χ0v) is 12.4. The number of likely N-dealkylation sites (tertiary alicyclic amines) is 1. The molecule has 1 saturated heterocycles. The molecule has 3 rings (SSSR count). The number of hydrogen-bond acceptors (Lipinski definition) is 3. The van der Waals surface area contributed by atoms with Crippen molar-refractivity contribution in [2.75, 3.05) is 39.3 Å². The van der Waals surface area contributed by atoms with Gasteiger partial charge < -0.3 is 15.0 Å². The maximum Gasteiger partial charge on any atom is 0.122 e. The van der Waals surface area contributed by atoms with Crippen LogP contribution in [0, 0.1) is 0 Å². The second-order valence-corrected chi connectivity index (χ2v) is 5.94. The summed E-state index contributed by atoms with van der Waals surface area (Å²) in [5.74, 6) is 1.09. The largest absolute Gasteiger partial charge is 0.493 e. The molecule has 1 aromatic carbocycles. The van der Waals surface area contributed by atoms with E-state index in [1.54, 1.807) is 0 Å². The molecule has 3 heteroatoms. The van der Waals surface area contributed by atoms with Gasteiger partial charge in [0.1, 0.15) is 5.75 Å². The van der Waals surface area contributed by atoms with Crippen LogP contribution in [0.25, 0.3) is 0 Å². The van der Waals surface area contributed by atoms with Crippen molar-refractivity contribution in [3.63, 3.8) is 0 Å². The van der Waals surface area contributed by atoms with E-state index in [4.69, 9.17) is 4.74 Å². The molecular formula is C17H26N2O. The first-order chi connectivity index (χ1) is 9.92. The van der Waals surface area contributed by atoms with Crippen LogP contribution in [0.2, 0.25) is 0 Å². The van der Waals surface area contributed by atoms with E-state index >= 15 is 0 Å². The summed E-state index contributed by atoms with van der Waals surface area (Å²) in [5, 5.41) is 3.58. The number of nitrogens with zero attached hydrogens (tertiary/aromatic N) is 1. The normalized spacial score (nSPS) is 18.8. The molecule has 110 valence electrons. The summed E-state index contributed by atoms with van der Waals surface area (Å²) in [4.78, 5) is 2.59. The van der Waals surface area contributed by atoms with Crippen LogP contribution in [0.5, 0.6) is 5.75 Å². The van der Waals surface area contributed by atoms with Crippen LogP contribution in [0.4, 0.5) is 0 Å². The number of ether oxygens (including phenoxy) is 1. The van der Waals surface area contributed by atoms with Gasteiger partial charge in [-0.2, -0.15) is 0 Å². The van der Waals surface area contributed by atoms with Gasteiger partial charge in [-0.05, 0) is 56.1 Å². The molecule has 2 aliphatic heterocycles. The maximum absolute atomic E-state index is 5.54. The molecule has 2 aliphatic rings. The fourth-order valence-electron chi connectivity index (χ4n) is 3.17. The van der Waals surface area contributed by atoms with Crippen molar-refractivity contribution in [1.82, 2.24) is 10.2 Å². The molecule has 2 heterocycles. The van der Waals surface area contributed by atoms with Gasteiger partial charge in [-0.15, -0.1) is 0 Å². The molecule has 0 saturated carbocycles. The smallest absolute Gasteiger partial charge is 0.122 e. The Balaban J connectivity index is 1.33. The minimum Gasteiger partial charge on any atom is -0.493 e. The number of nitrogens with one attached hydrogen (secondary N) is 1. The number of benzene rings is 1. The Kier molecular flexibility index (Phi) is 4.93. The van der Waals surface area contributed by atoms with Crippen molar-refractivity contribution in [3.05, 3.63) is 29.3 Å². The lowest BCUT2D eigenvalue weighted by Crippen LogP contribution is -2.36. The van der Waals surface area contributed by atoms with Gasteiger partial charge in [0.05, 0.1) is 6.61 Å². The SMILES string of the molecule is c1cc2c(cc1CCNCCN1CCCCC1)CCO2. The van der Waals surface area contributed by atoms with Crippen LogP contribution in [-0.2, 0) is 12.8 Å². The fourth-order valence-corrected chi connectivity index (χ4v) is 3.17. The lowest BCUT2D eigenvalue weighted by molar-refractivity contribution is 0.229. The van der Waals surface area contributed by atoms with Crippen molar-refractivity contribution in [2.45, 2.75) is 32.1 Å². The molecule has 0 spiro atoms. The summed E-state index contributed by atoms with van der Waals surface area (Å²) in [6.07, 6.45) is 6.39. The van der Waals surface area contributed by atoms with Gasteiger partial charge in [-0.1, -0.05) is 18.6 Å². The number of hydrogen-bond donors (Lipinski definition) is 1. The summed E-state index contributed by atoms with van der Waals surface area (Å²) in [6, 6.07) is 6.65. The van der Waals surface area contributed by atoms with E-state index in [1.807, 2.05) is 0 Å². The second-order valence-electron chi connectivity index (χ2n) is 5.94. The first kappa shape index (κ1) is 13.9. The minimum atomic E-state index is 0.854. The van der Waals surface area contributed by atoms with Crippen molar-refractivity contribution in [1.29, 1.82) is 0 Å². The Bertz CT molecular complexity index is 427. The molecule has 1 N–H and O–H groups in total. The topological polar surface area (TPSA) is 24.5 Å². The fraction of sp³-hybridized carbons (Fsp3) is 0.647. The quantitative estimate of drug-likeness (QED) is 0.805. The van der Waals surface area contributed by atoms with E-state index in [9.17, 15) is 0 Å². The lowest BCUT2D eigenvalue weighted by Gasteiger charge is -2.26. The molecule has 20 heavy (non-hydrogen) atoms. The van der Waals surface area contributed by atoms with Gasteiger partial charge in [-0.3, -0.25) is 0 Å². The van der Waals surface area contributed by atoms with Crippen molar-refractivity contribution in [3.8, 4) is 5.75 Å². The Labute approximate surface area is 122 Å². The second kappa shape index (κ2) is 7.09. The highest BCUT2D eigenvalue weighted by Crippen LogP contribution is 2.25. The highest BCUT2D eigenvalue weighted by atomic mass is 16.5. The third-order valence-corrected chi connectivity index (χ3v) is 4.40.